The quantitative estimate of drug-likeness (QED) is 0.592. The first kappa shape index (κ1) is 19.6. The Morgan fingerprint density at radius 3 is 2.89 bits per heavy atom. The maximum Gasteiger partial charge on any atom is 0.244 e. The normalized spacial score (nSPS) is 11.7. The molecule has 0 spiro atoms. The van der Waals surface area contributed by atoms with Gasteiger partial charge in [-0.05, 0) is 31.1 Å². The average Bonchev–Trinajstić information content (AvgIpc) is 3.13. The minimum absolute atomic E-state index is 0.150. The van der Waals surface area contributed by atoms with Crippen molar-refractivity contribution in [1.82, 2.24) is 20.1 Å². The summed E-state index contributed by atoms with van der Waals surface area (Å²) in [6.45, 7) is 7.42. The molecule has 7 heteroatoms. The lowest BCUT2D eigenvalue weighted by Crippen LogP contribution is -2.23. The molecule has 3 rings (SSSR count). The van der Waals surface area contributed by atoms with Crippen LogP contribution >= 0.6 is 22.9 Å². The van der Waals surface area contributed by atoms with E-state index in [4.69, 9.17) is 11.6 Å². The molecule has 0 aliphatic heterocycles. The molecule has 2 heterocycles. The Hall–Kier alpha value is -2.18. The van der Waals surface area contributed by atoms with Crippen molar-refractivity contribution < 1.29 is 4.79 Å². The van der Waals surface area contributed by atoms with Gasteiger partial charge in [0, 0.05) is 31.1 Å². The third-order valence-electron chi connectivity index (χ3n) is 4.03. The van der Waals surface area contributed by atoms with Crippen LogP contribution in [0.1, 0.15) is 30.1 Å². The summed E-state index contributed by atoms with van der Waals surface area (Å²) in [6.07, 6.45) is 3.95. The topological polar surface area (TPSA) is 59.8 Å². The molecule has 0 radical (unpaired) electrons. The number of nitrogens with one attached hydrogen (secondary N) is 1. The minimum atomic E-state index is -0.150. The summed E-state index contributed by atoms with van der Waals surface area (Å²) in [5.74, 6) is 0.299. The Labute approximate surface area is 168 Å². The number of carbonyl (C=O) groups is 1. The highest BCUT2D eigenvalue weighted by Crippen LogP contribution is 2.23. The fourth-order valence-electron chi connectivity index (χ4n) is 2.76. The molecule has 142 valence electrons. The minimum Gasteiger partial charge on any atom is -0.352 e. The first-order valence-corrected chi connectivity index (χ1v) is 10.2. The number of para-hydroxylation sites is 1. The third kappa shape index (κ3) is 4.96. The van der Waals surface area contributed by atoms with E-state index in [2.05, 4.69) is 35.3 Å². The number of hydrogen-bond donors (Lipinski definition) is 1. The van der Waals surface area contributed by atoms with Gasteiger partial charge in [-0.2, -0.15) is 5.10 Å². The molecular weight excluding hydrogens is 380 g/mol. The van der Waals surface area contributed by atoms with Crippen molar-refractivity contribution in [2.45, 2.75) is 33.7 Å². The van der Waals surface area contributed by atoms with E-state index in [1.807, 2.05) is 25.1 Å². The van der Waals surface area contributed by atoms with E-state index in [0.717, 1.165) is 28.3 Å². The zero-order chi connectivity index (χ0) is 19.4. The van der Waals surface area contributed by atoms with Crippen LogP contribution in [0, 0.1) is 12.8 Å². The molecule has 2 aromatic heterocycles. The van der Waals surface area contributed by atoms with Gasteiger partial charge in [-0.3, -0.25) is 9.48 Å². The van der Waals surface area contributed by atoms with Gasteiger partial charge in [0.1, 0.15) is 5.15 Å². The monoisotopic (exact) mass is 402 g/mol. The molecule has 0 unspecified atom stereocenters. The van der Waals surface area contributed by atoms with E-state index >= 15 is 0 Å². The van der Waals surface area contributed by atoms with Gasteiger partial charge in [-0.25, -0.2) is 4.98 Å². The van der Waals surface area contributed by atoms with Gasteiger partial charge in [0.2, 0.25) is 5.91 Å². The van der Waals surface area contributed by atoms with E-state index in [1.165, 1.54) is 10.8 Å². The summed E-state index contributed by atoms with van der Waals surface area (Å²) < 4.78 is 2.95. The molecule has 0 atom stereocenters. The highest BCUT2D eigenvalue weighted by molar-refractivity contribution is 7.18. The van der Waals surface area contributed by atoms with Crippen LogP contribution in [0.2, 0.25) is 5.15 Å². The first-order chi connectivity index (χ1) is 12.9. The number of amides is 1. The van der Waals surface area contributed by atoms with E-state index in [0.29, 0.717) is 24.0 Å². The zero-order valence-electron chi connectivity index (χ0n) is 15.7. The van der Waals surface area contributed by atoms with E-state index < -0.39 is 0 Å². The highest BCUT2D eigenvalue weighted by Gasteiger charge is 2.12. The fraction of sp³-hybridized carbons (Fsp3) is 0.350. The Morgan fingerprint density at radius 1 is 1.37 bits per heavy atom. The number of rotatable bonds is 7. The summed E-state index contributed by atoms with van der Waals surface area (Å²) in [7, 11) is 0. The van der Waals surface area contributed by atoms with E-state index in [-0.39, 0.29) is 5.91 Å². The Morgan fingerprint density at radius 2 is 2.15 bits per heavy atom. The first-order valence-electron chi connectivity index (χ1n) is 8.97. The summed E-state index contributed by atoms with van der Waals surface area (Å²) in [5, 5.41) is 8.93. The SMILES string of the molecule is Cc1nn(CC(C)C)c(Cl)c1/C=C/C(=O)NCCc1nc2ccccc2s1. The van der Waals surface area contributed by atoms with Gasteiger partial charge >= 0.3 is 0 Å². The second kappa shape index (κ2) is 8.67. The van der Waals surface area contributed by atoms with Crippen LogP contribution in [-0.4, -0.2) is 27.2 Å². The van der Waals surface area contributed by atoms with Crippen molar-refractivity contribution in [2.24, 2.45) is 5.92 Å². The molecule has 0 aliphatic rings. The van der Waals surface area contributed by atoms with Gasteiger partial charge in [-0.1, -0.05) is 37.6 Å². The van der Waals surface area contributed by atoms with Crippen LogP contribution in [0.3, 0.4) is 0 Å². The smallest absolute Gasteiger partial charge is 0.244 e. The molecule has 3 aromatic rings. The second-order valence-corrected chi connectivity index (χ2v) is 8.29. The largest absolute Gasteiger partial charge is 0.352 e. The molecular formula is C20H23ClN4OS. The predicted octanol–water partition coefficient (Wildman–Crippen LogP) is 4.48. The second-order valence-electron chi connectivity index (χ2n) is 6.82. The maximum atomic E-state index is 12.1. The number of thiazole rings is 1. The zero-order valence-corrected chi connectivity index (χ0v) is 17.3. The summed E-state index contributed by atoms with van der Waals surface area (Å²) >= 11 is 8.05. The third-order valence-corrected chi connectivity index (χ3v) is 5.52. The Bertz CT molecular complexity index is 941. The molecule has 1 N–H and O–H groups in total. The average molecular weight is 403 g/mol. The highest BCUT2D eigenvalue weighted by atomic mass is 35.5. The molecule has 0 aliphatic carbocycles. The summed E-state index contributed by atoms with van der Waals surface area (Å²) in [6, 6.07) is 8.05. The van der Waals surface area contributed by atoms with Gasteiger partial charge in [-0.15, -0.1) is 11.3 Å². The number of halogens is 1. The van der Waals surface area contributed by atoms with Crippen LogP contribution in [-0.2, 0) is 17.8 Å². The number of aryl methyl sites for hydroxylation is 1. The lowest BCUT2D eigenvalue weighted by Gasteiger charge is -2.05. The summed E-state index contributed by atoms with van der Waals surface area (Å²) in [4.78, 5) is 16.7. The molecule has 0 saturated heterocycles. The molecule has 0 bridgehead atoms. The number of aromatic nitrogens is 3. The van der Waals surface area contributed by atoms with Gasteiger partial charge in [0.15, 0.2) is 0 Å². The van der Waals surface area contributed by atoms with Crippen molar-refractivity contribution in [3.63, 3.8) is 0 Å². The number of hydrogen-bond acceptors (Lipinski definition) is 4. The van der Waals surface area contributed by atoms with Gasteiger partial charge in [0.25, 0.3) is 0 Å². The fourth-order valence-corrected chi connectivity index (χ4v) is 4.03. The van der Waals surface area contributed by atoms with Gasteiger partial charge < -0.3 is 5.32 Å². The van der Waals surface area contributed by atoms with Crippen LogP contribution in [0.4, 0.5) is 0 Å². The van der Waals surface area contributed by atoms with Crippen molar-refractivity contribution in [1.29, 1.82) is 0 Å². The molecule has 27 heavy (non-hydrogen) atoms. The number of nitrogens with zero attached hydrogens (tertiary/aromatic N) is 3. The molecule has 1 aromatic carbocycles. The van der Waals surface area contributed by atoms with Crippen molar-refractivity contribution in [3.05, 3.63) is 51.8 Å². The van der Waals surface area contributed by atoms with Gasteiger partial charge in [0.05, 0.1) is 20.9 Å². The lowest BCUT2D eigenvalue weighted by molar-refractivity contribution is -0.116. The maximum absolute atomic E-state index is 12.1. The molecule has 0 saturated carbocycles. The lowest BCUT2D eigenvalue weighted by atomic mass is 10.2. The van der Waals surface area contributed by atoms with Crippen LogP contribution < -0.4 is 5.32 Å². The van der Waals surface area contributed by atoms with Crippen LogP contribution in [0.25, 0.3) is 16.3 Å². The Kier molecular flexibility index (Phi) is 6.29. The van der Waals surface area contributed by atoms with Crippen molar-refractivity contribution in [2.75, 3.05) is 6.54 Å². The van der Waals surface area contributed by atoms with Crippen molar-refractivity contribution in [3.8, 4) is 0 Å². The van der Waals surface area contributed by atoms with Crippen molar-refractivity contribution >= 4 is 45.1 Å². The van der Waals surface area contributed by atoms with E-state index in [1.54, 1.807) is 22.1 Å². The molecule has 1 amide bonds. The number of fused-ring (bicyclic) bond motifs is 1. The van der Waals surface area contributed by atoms with Crippen LogP contribution in [0.5, 0.6) is 0 Å². The molecule has 0 fully saturated rings. The summed E-state index contributed by atoms with van der Waals surface area (Å²) in [5.41, 5.74) is 2.62. The number of benzene rings is 1. The van der Waals surface area contributed by atoms with E-state index in [9.17, 15) is 4.79 Å². The Balaban J connectivity index is 1.55. The predicted molar refractivity (Wildman–Crippen MR) is 112 cm³/mol. The van der Waals surface area contributed by atoms with Crippen LogP contribution in [0.15, 0.2) is 30.3 Å². The standard InChI is InChI=1S/C20H23ClN4OS/c1-13(2)12-25-20(21)15(14(3)24-25)8-9-18(26)22-11-10-19-23-16-6-4-5-7-17(16)27-19/h4-9,13H,10-12H2,1-3H3,(H,22,26)/b9-8+. The number of carbonyl (C=O) groups excluding carboxylic acids is 1. The molecule has 5 nitrogen and oxygen atoms in total.